The molecular weight excluding hydrogens is 1060 g/mol. The van der Waals surface area contributed by atoms with Crippen LogP contribution in [0.5, 0.6) is 0 Å². The molecular formula is C49H70N10O19S. The summed E-state index contributed by atoms with van der Waals surface area (Å²) in [5, 5.41) is 49.5. The lowest BCUT2D eigenvalue weighted by Gasteiger charge is -2.24. The number of Topliss-reactive ketones (excluding diaryl/α,β-unsaturated/α-hetero) is 2. The molecule has 0 saturated carbocycles. The van der Waals surface area contributed by atoms with Crippen LogP contribution < -0.4 is 43.8 Å². The van der Waals surface area contributed by atoms with Gasteiger partial charge in [0.2, 0.25) is 41.4 Å². The molecule has 0 aromatic heterocycles. The number of carboxylic acid groups (broad SMARTS) is 4. The van der Waals surface area contributed by atoms with E-state index >= 15 is 0 Å². The monoisotopic (exact) mass is 1130 g/mol. The summed E-state index contributed by atoms with van der Waals surface area (Å²) < 4.78 is 4.70. The average molecular weight is 1140 g/mol. The summed E-state index contributed by atoms with van der Waals surface area (Å²) in [6, 6.07) is -0.508. The Kier molecular flexibility index (Phi) is 28.9. The number of carboxylic acids is 4. The number of nitrogens with two attached hydrogens (primary N) is 3. The van der Waals surface area contributed by atoms with Gasteiger partial charge >= 0.3 is 23.9 Å². The molecule has 79 heavy (non-hydrogen) atoms. The number of imide groups is 1. The van der Waals surface area contributed by atoms with Crippen LogP contribution in [0.15, 0.2) is 29.3 Å². The van der Waals surface area contributed by atoms with Crippen molar-refractivity contribution in [3.05, 3.63) is 29.8 Å². The highest BCUT2D eigenvalue weighted by atomic mass is 32.2. The van der Waals surface area contributed by atoms with Gasteiger partial charge in [-0.15, -0.1) is 11.8 Å². The number of ether oxygens (including phenoxy) is 1. The van der Waals surface area contributed by atoms with Crippen LogP contribution in [0.1, 0.15) is 103 Å². The number of likely N-dealkylation sites (tertiary alicyclic amines) is 1. The number of aliphatic imine (C=N–C) groups is 1. The zero-order chi connectivity index (χ0) is 59.5. The summed E-state index contributed by atoms with van der Waals surface area (Å²) in [6.45, 7) is 5.18. The summed E-state index contributed by atoms with van der Waals surface area (Å²) in [5.41, 5.74) is 17.4. The molecule has 1 heterocycles. The maximum Gasteiger partial charge on any atom is 0.307 e. The Bertz CT molecular complexity index is 2420. The molecule has 29 nitrogen and oxygen atoms in total. The number of thioether (sulfide) groups is 1. The molecule has 0 bridgehead atoms. The molecule has 0 spiro atoms. The van der Waals surface area contributed by atoms with Gasteiger partial charge in [0.25, 0.3) is 6.47 Å². The quantitative estimate of drug-likeness (QED) is 0.0116. The molecule has 1 aromatic carbocycles. The van der Waals surface area contributed by atoms with Gasteiger partial charge in [-0.1, -0.05) is 32.4 Å². The molecule has 8 atom stereocenters. The molecule has 0 aliphatic carbocycles. The van der Waals surface area contributed by atoms with Crippen LogP contribution in [0.3, 0.4) is 0 Å². The zero-order valence-corrected chi connectivity index (χ0v) is 44.7. The van der Waals surface area contributed by atoms with Gasteiger partial charge in [-0.3, -0.25) is 77.0 Å². The Hall–Kier alpha value is -8.02. The normalized spacial score (nSPS) is 15.7. The van der Waals surface area contributed by atoms with Gasteiger partial charge in [0.1, 0.15) is 18.7 Å². The van der Waals surface area contributed by atoms with E-state index in [-0.39, 0.29) is 63.7 Å². The fourth-order valence-electron chi connectivity index (χ4n) is 7.74. The lowest BCUT2D eigenvalue weighted by molar-refractivity contribution is -0.145. The van der Waals surface area contributed by atoms with E-state index in [1.54, 1.807) is 38.1 Å². The number of nitrogens with one attached hydrogen (secondary N) is 5. The van der Waals surface area contributed by atoms with Crippen molar-refractivity contribution in [2.24, 2.45) is 39.9 Å². The van der Waals surface area contributed by atoms with Crippen LogP contribution in [-0.2, 0) is 78.5 Å². The number of carbonyl (C=O) groups excluding carboxylic acids is 10. The van der Waals surface area contributed by atoms with Crippen molar-refractivity contribution in [3.63, 3.8) is 0 Å². The van der Waals surface area contributed by atoms with E-state index in [1.807, 2.05) is 0 Å². The summed E-state index contributed by atoms with van der Waals surface area (Å²) in [4.78, 5) is 181. The van der Waals surface area contributed by atoms with Crippen molar-refractivity contribution in [3.8, 4) is 0 Å². The Morgan fingerprint density at radius 1 is 0.734 bits per heavy atom. The average Bonchev–Trinajstić information content (AvgIpc) is 3.63. The van der Waals surface area contributed by atoms with E-state index in [4.69, 9.17) is 27.0 Å². The van der Waals surface area contributed by atoms with Crippen LogP contribution in [0.4, 0.5) is 5.69 Å². The zero-order valence-electron chi connectivity index (χ0n) is 43.8. The largest absolute Gasteiger partial charge is 0.481 e. The molecule has 1 aliphatic heterocycles. The van der Waals surface area contributed by atoms with Gasteiger partial charge in [0.15, 0.2) is 17.5 Å². The molecule has 2 rings (SSSR count). The summed E-state index contributed by atoms with van der Waals surface area (Å²) in [5.74, 6) is -17.9. The van der Waals surface area contributed by atoms with Crippen LogP contribution in [0.25, 0.3) is 0 Å². The fraction of sp³-hybridized carbons (Fsp3) is 0.571. The predicted octanol–water partition coefficient (Wildman–Crippen LogP) is -1.63. The molecule has 1 saturated heterocycles. The van der Waals surface area contributed by atoms with Gasteiger partial charge < -0.3 is 68.9 Å². The minimum atomic E-state index is -1.94. The summed E-state index contributed by atoms with van der Waals surface area (Å²) in [6.07, 6.45) is -4.28. The van der Waals surface area contributed by atoms with E-state index in [0.29, 0.717) is 30.6 Å². The SMILES string of the molecule is CC(C)[C@H](NC(=O)CCCCCN1C(=O)CC(SC[C@H](CC(=O)[C@H](CC(=O)O)NC(=O)[C@H](CC(=O)O)CC(=O)[C@H](CCCN=C(N)N)NC(=O)[C@@H](N)CC(=O)O)C(=O)O)C1=O)C(=O)N[C@@H](C)C(=O)Nc1ccc(COC=O)cc1. The number of rotatable bonds is 39. The van der Waals surface area contributed by atoms with Gasteiger partial charge in [-0.05, 0) is 56.2 Å². The first kappa shape index (κ1) is 67.1. The third-order valence-electron chi connectivity index (χ3n) is 12.0. The lowest BCUT2D eigenvalue weighted by Crippen LogP contribution is -2.53. The molecule has 1 fully saturated rings. The number of amides is 7. The van der Waals surface area contributed by atoms with E-state index in [1.165, 1.54) is 6.92 Å². The second-order valence-corrected chi connectivity index (χ2v) is 20.1. The first-order chi connectivity index (χ1) is 37.1. The first-order valence-electron chi connectivity index (χ1n) is 25.0. The molecule has 1 aromatic rings. The van der Waals surface area contributed by atoms with Crippen molar-refractivity contribution >= 4 is 107 Å². The minimum Gasteiger partial charge on any atom is -0.481 e. The maximum atomic E-state index is 13.5. The molecule has 15 N–H and O–H groups in total. The second-order valence-electron chi connectivity index (χ2n) is 18.9. The molecule has 1 aliphatic rings. The number of hydrogen-bond donors (Lipinski definition) is 12. The smallest absolute Gasteiger partial charge is 0.307 e. The predicted molar refractivity (Wildman–Crippen MR) is 279 cm³/mol. The van der Waals surface area contributed by atoms with Crippen LogP contribution in [-0.4, -0.2) is 169 Å². The number of carbonyl (C=O) groups is 14. The summed E-state index contributed by atoms with van der Waals surface area (Å²) in [7, 11) is 0. The van der Waals surface area contributed by atoms with Gasteiger partial charge in [0.05, 0.1) is 54.5 Å². The first-order valence-corrected chi connectivity index (χ1v) is 26.0. The highest BCUT2D eigenvalue weighted by Crippen LogP contribution is 2.29. The topological polar surface area (TPSA) is 483 Å². The fourth-order valence-corrected chi connectivity index (χ4v) is 8.99. The van der Waals surface area contributed by atoms with Gasteiger partial charge in [0, 0.05) is 50.2 Å². The number of benzene rings is 1. The second kappa shape index (κ2) is 34.0. The van der Waals surface area contributed by atoms with Crippen molar-refractivity contribution in [1.29, 1.82) is 0 Å². The van der Waals surface area contributed by atoms with E-state index in [2.05, 4.69) is 31.6 Å². The standard InChI is InChI=1S/C49H70N10O19S/c1-25(2)42(46(74)54-26(3)43(71)55-30-12-10-27(11-13-30)22-78-24-60)58-37(63)9-5-4-6-15-59-38(64)21-36(47(59)75)79-23-29(48(76)77)17-35(62)33(20-41(69)70)57-44(72)28(18-39(65)66)16-34(61)32(8-7-14-53-49(51)52)56-45(73)31(50)19-40(67)68/h10-13,24-26,28-29,31-33,36,42H,4-9,14-23,50H2,1-3H3,(H,54,74)(H,55,71)(H,56,73)(H,57,72)(H,58,63)(H,65,66)(H,67,68)(H,69,70)(H,76,77)(H4,51,52,53)/t26-,28-,29-,31-,32-,33-,36?,42-/m0/s1. The minimum absolute atomic E-state index is 0.0184. The number of anilines is 1. The lowest BCUT2D eigenvalue weighted by atomic mass is 9.91. The van der Waals surface area contributed by atoms with Crippen LogP contribution in [0.2, 0.25) is 0 Å². The highest BCUT2D eigenvalue weighted by molar-refractivity contribution is 8.00. The van der Waals surface area contributed by atoms with Crippen molar-refractivity contribution in [1.82, 2.24) is 26.2 Å². The Morgan fingerprint density at radius 2 is 1.34 bits per heavy atom. The molecule has 0 radical (unpaired) electrons. The number of ketones is 2. The number of aliphatic carboxylic acids is 4. The number of hydrogen-bond acceptors (Lipinski definition) is 18. The number of guanidine groups is 1. The highest BCUT2D eigenvalue weighted by Gasteiger charge is 2.40. The van der Waals surface area contributed by atoms with E-state index in [9.17, 15) is 82.4 Å². The third-order valence-corrected chi connectivity index (χ3v) is 13.4. The van der Waals surface area contributed by atoms with Crippen molar-refractivity contribution in [2.45, 2.75) is 140 Å². The Labute approximate surface area is 457 Å². The Morgan fingerprint density at radius 3 is 1.92 bits per heavy atom. The molecule has 436 valence electrons. The summed E-state index contributed by atoms with van der Waals surface area (Å²) >= 11 is 0.763. The van der Waals surface area contributed by atoms with Crippen molar-refractivity contribution < 1.29 is 92.3 Å². The molecule has 30 heteroatoms. The van der Waals surface area contributed by atoms with E-state index < -0.39 is 162 Å². The molecule has 7 amide bonds. The van der Waals surface area contributed by atoms with Crippen LogP contribution in [0, 0.1) is 17.8 Å². The van der Waals surface area contributed by atoms with Crippen molar-refractivity contribution in [2.75, 3.05) is 24.2 Å². The Balaban J connectivity index is 1.99. The van der Waals surface area contributed by atoms with Crippen LogP contribution >= 0.6 is 11.8 Å². The number of nitrogens with zero attached hydrogens (tertiary/aromatic N) is 2. The maximum absolute atomic E-state index is 13.5. The third kappa shape index (κ3) is 24.9. The number of unbranched alkanes of at least 4 members (excludes halogenated alkanes) is 2. The van der Waals surface area contributed by atoms with E-state index in [0.717, 1.165) is 16.7 Å². The molecule has 1 unspecified atom stereocenters. The van der Waals surface area contributed by atoms with Gasteiger partial charge in [-0.2, -0.15) is 0 Å². The van der Waals surface area contributed by atoms with Gasteiger partial charge in [-0.25, -0.2) is 0 Å².